The summed E-state index contributed by atoms with van der Waals surface area (Å²) in [5.41, 5.74) is 7.12. The molecule has 0 aromatic carbocycles. The Balaban J connectivity index is 4.48. The molecular formula is C8H17N3O2. The molecule has 0 aliphatic heterocycles. The molecule has 5 nitrogen and oxygen atoms in total. The normalized spacial score (nSPS) is 15.3. The van der Waals surface area contributed by atoms with Gasteiger partial charge in [0.05, 0.1) is 6.10 Å². The molecule has 0 aromatic rings. The molecule has 0 aliphatic rings. The number of hydrogen-bond acceptors (Lipinski definition) is 3. The highest BCUT2D eigenvalue weighted by Crippen LogP contribution is 2.22. The second-order valence-electron chi connectivity index (χ2n) is 3.57. The molecule has 0 saturated carbocycles. The smallest absolute Gasteiger partial charge is 0.332 e. The number of rotatable bonds is 3. The van der Waals surface area contributed by atoms with E-state index in [4.69, 9.17) is 5.73 Å². The van der Waals surface area contributed by atoms with Crippen LogP contribution in [0.1, 0.15) is 27.7 Å². The Kier molecular flexibility index (Phi) is 3.87. The van der Waals surface area contributed by atoms with Crippen molar-refractivity contribution in [2.75, 3.05) is 0 Å². The number of hydrogen-bond donors (Lipinski definition) is 3. The number of aliphatic hydroxyl groups is 1. The molecule has 0 fully saturated rings. The fourth-order valence-corrected chi connectivity index (χ4v) is 0.585. The first kappa shape index (κ1) is 11.9. The third-order valence-corrected chi connectivity index (χ3v) is 2.31. The van der Waals surface area contributed by atoms with Gasteiger partial charge in [0.15, 0.2) is 0 Å². The van der Waals surface area contributed by atoms with Crippen LogP contribution in [0.25, 0.3) is 0 Å². The first-order chi connectivity index (χ1) is 5.78. The lowest BCUT2D eigenvalue weighted by molar-refractivity contribution is 0.111. The largest absolute Gasteiger partial charge is 0.392 e. The van der Waals surface area contributed by atoms with Gasteiger partial charge in [0.25, 0.3) is 0 Å². The average molecular weight is 187 g/mol. The van der Waals surface area contributed by atoms with Crippen LogP contribution in [-0.2, 0) is 0 Å². The van der Waals surface area contributed by atoms with Crippen LogP contribution < -0.4 is 11.2 Å². The van der Waals surface area contributed by atoms with E-state index in [2.05, 4.69) is 10.5 Å². The quantitative estimate of drug-likeness (QED) is 0.442. The van der Waals surface area contributed by atoms with Crippen molar-refractivity contribution in [3.05, 3.63) is 0 Å². The number of carbonyl (C=O) groups is 1. The Labute approximate surface area is 78.0 Å². The minimum atomic E-state index is -0.708. The van der Waals surface area contributed by atoms with Crippen LogP contribution in [0.15, 0.2) is 5.10 Å². The molecule has 0 rings (SSSR count). The highest BCUT2D eigenvalue weighted by Gasteiger charge is 2.27. The summed E-state index contributed by atoms with van der Waals surface area (Å²) in [5, 5.41) is 13.1. The molecule has 0 aliphatic carbocycles. The van der Waals surface area contributed by atoms with Crippen molar-refractivity contribution in [1.82, 2.24) is 5.43 Å². The molecule has 0 saturated heterocycles. The molecule has 0 heterocycles. The Morgan fingerprint density at radius 1 is 1.62 bits per heavy atom. The van der Waals surface area contributed by atoms with Gasteiger partial charge < -0.3 is 10.8 Å². The van der Waals surface area contributed by atoms with Gasteiger partial charge in [-0.2, -0.15) is 5.10 Å². The first-order valence-corrected chi connectivity index (χ1v) is 4.06. The molecule has 4 N–H and O–H groups in total. The minimum absolute atomic E-state index is 0.470. The number of primary amides is 1. The van der Waals surface area contributed by atoms with Gasteiger partial charge in [-0.25, -0.2) is 10.2 Å². The fraction of sp³-hybridized carbons (Fsp3) is 0.750. The zero-order valence-corrected chi connectivity index (χ0v) is 8.46. The summed E-state index contributed by atoms with van der Waals surface area (Å²) >= 11 is 0. The lowest BCUT2D eigenvalue weighted by Crippen LogP contribution is -2.36. The van der Waals surface area contributed by atoms with Gasteiger partial charge in [0.1, 0.15) is 0 Å². The van der Waals surface area contributed by atoms with Crippen LogP contribution >= 0.6 is 0 Å². The molecule has 76 valence electrons. The zero-order chi connectivity index (χ0) is 10.6. The Morgan fingerprint density at radius 2 is 2.08 bits per heavy atom. The molecule has 0 aromatic heterocycles. The van der Waals surface area contributed by atoms with E-state index < -0.39 is 17.6 Å². The monoisotopic (exact) mass is 187 g/mol. The van der Waals surface area contributed by atoms with Crippen molar-refractivity contribution in [3.8, 4) is 0 Å². The van der Waals surface area contributed by atoms with E-state index in [0.29, 0.717) is 5.71 Å². The van der Waals surface area contributed by atoms with Gasteiger partial charge in [-0.1, -0.05) is 13.8 Å². The SMILES string of the molecule is C/C(=N\NC(N)=O)C(C)(C)C(C)O. The van der Waals surface area contributed by atoms with Gasteiger partial charge in [-0.3, -0.25) is 0 Å². The third-order valence-electron chi connectivity index (χ3n) is 2.31. The van der Waals surface area contributed by atoms with Crippen LogP contribution in [0.2, 0.25) is 0 Å². The molecular weight excluding hydrogens is 170 g/mol. The van der Waals surface area contributed by atoms with Crippen molar-refractivity contribution in [2.24, 2.45) is 16.3 Å². The highest BCUT2D eigenvalue weighted by molar-refractivity contribution is 5.88. The van der Waals surface area contributed by atoms with Gasteiger partial charge in [0.2, 0.25) is 0 Å². The van der Waals surface area contributed by atoms with Crippen molar-refractivity contribution in [2.45, 2.75) is 33.8 Å². The number of amides is 2. The van der Waals surface area contributed by atoms with Crippen molar-refractivity contribution >= 4 is 11.7 Å². The van der Waals surface area contributed by atoms with Crippen molar-refractivity contribution in [1.29, 1.82) is 0 Å². The second-order valence-corrected chi connectivity index (χ2v) is 3.57. The molecule has 0 bridgehead atoms. The van der Waals surface area contributed by atoms with E-state index in [-0.39, 0.29) is 0 Å². The summed E-state index contributed by atoms with van der Waals surface area (Å²) in [7, 11) is 0. The maximum Gasteiger partial charge on any atom is 0.332 e. The van der Waals surface area contributed by atoms with Crippen LogP contribution in [0.4, 0.5) is 4.79 Å². The van der Waals surface area contributed by atoms with E-state index in [1.807, 2.05) is 13.8 Å². The summed E-state index contributed by atoms with van der Waals surface area (Å²) < 4.78 is 0. The zero-order valence-electron chi connectivity index (χ0n) is 8.46. The molecule has 0 spiro atoms. The number of nitrogens with zero attached hydrogens (tertiary/aromatic N) is 1. The number of aliphatic hydroxyl groups excluding tert-OH is 1. The third kappa shape index (κ3) is 3.42. The Bertz CT molecular complexity index is 221. The second kappa shape index (κ2) is 4.23. The Morgan fingerprint density at radius 3 is 2.38 bits per heavy atom. The number of nitrogens with one attached hydrogen (secondary N) is 1. The van der Waals surface area contributed by atoms with E-state index in [9.17, 15) is 9.90 Å². The van der Waals surface area contributed by atoms with Gasteiger partial charge in [-0.05, 0) is 13.8 Å². The van der Waals surface area contributed by atoms with Crippen molar-refractivity contribution < 1.29 is 9.90 Å². The van der Waals surface area contributed by atoms with Gasteiger partial charge >= 0.3 is 6.03 Å². The van der Waals surface area contributed by atoms with Crippen LogP contribution in [-0.4, -0.2) is 23.0 Å². The topological polar surface area (TPSA) is 87.7 Å². The lowest BCUT2D eigenvalue weighted by atomic mass is 9.83. The highest BCUT2D eigenvalue weighted by atomic mass is 16.3. The standard InChI is InChI=1S/C8H17N3O2/c1-5(10-11-7(9)13)8(3,4)6(2)12/h6,12H,1-4H3,(H3,9,11,13)/b10-5+. The van der Waals surface area contributed by atoms with E-state index >= 15 is 0 Å². The number of nitrogens with two attached hydrogens (primary N) is 1. The maximum atomic E-state index is 10.3. The number of hydrazone groups is 1. The molecule has 5 heteroatoms. The minimum Gasteiger partial charge on any atom is -0.392 e. The van der Waals surface area contributed by atoms with Gasteiger partial charge in [-0.15, -0.1) is 0 Å². The van der Waals surface area contributed by atoms with Crippen LogP contribution in [0.3, 0.4) is 0 Å². The molecule has 13 heavy (non-hydrogen) atoms. The predicted octanol–water partition coefficient (Wildman–Crippen LogP) is 0.438. The number of urea groups is 1. The lowest BCUT2D eigenvalue weighted by Gasteiger charge is -2.27. The summed E-state index contributed by atoms with van der Waals surface area (Å²) in [6.07, 6.45) is -0.536. The number of carbonyl (C=O) groups excluding carboxylic acids is 1. The Hall–Kier alpha value is -1.10. The van der Waals surface area contributed by atoms with E-state index in [0.717, 1.165) is 0 Å². The molecule has 1 atom stereocenters. The summed E-state index contributed by atoms with van der Waals surface area (Å²) in [6, 6.07) is -0.708. The summed E-state index contributed by atoms with van der Waals surface area (Å²) in [5.74, 6) is 0. The molecule has 2 amide bonds. The first-order valence-electron chi connectivity index (χ1n) is 4.06. The molecule has 0 radical (unpaired) electrons. The average Bonchev–Trinajstić information content (AvgIpc) is 1.99. The van der Waals surface area contributed by atoms with Gasteiger partial charge in [0, 0.05) is 11.1 Å². The van der Waals surface area contributed by atoms with Crippen LogP contribution in [0, 0.1) is 5.41 Å². The van der Waals surface area contributed by atoms with E-state index in [1.165, 1.54) is 0 Å². The maximum absolute atomic E-state index is 10.3. The van der Waals surface area contributed by atoms with Crippen molar-refractivity contribution in [3.63, 3.8) is 0 Å². The fourth-order valence-electron chi connectivity index (χ4n) is 0.585. The summed E-state index contributed by atoms with van der Waals surface area (Å²) in [4.78, 5) is 10.3. The molecule has 1 unspecified atom stereocenters. The predicted molar refractivity (Wildman–Crippen MR) is 51.3 cm³/mol. The van der Waals surface area contributed by atoms with Crippen LogP contribution in [0.5, 0.6) is 0 Å². The summed E-state index contributed by atoms with van der Waals surface area (Å²) in [6.45, 7) is 7.06. The van der Waals surface area contributed by atoms with E-state index in [1.54, 1.807) is 13.8 Å².